The summed E-state index contributed by atoms with van der Waals surface area (Å²) >= 11 is 5.91. The van der Waals surface area contributed by atoms with E-state index in [0.29, 0.717) is 35.9 Å². The normalized spacial score (nSPS) is 15.8. The van der Waals surface area contributed by atoms with Gasteiger partial charge in [0.05, 0.1) is 24.1 Å². The molecule has 2 aromatic rings. The summed E-state index contributed by atoms with van der Waals surface area (Å²) in [5.74, 6) is -0.0210. The quantitative estimate of drug-likeness (QED) is 0.888. The number of halogens is 1. The van der Waals surface area contributed by atoms with Crippen LogP contribution in [0.25, 0.3) is 11.3 Å². The fraction of sp³-hybridized carbons (Fsp3) is 0.375. The van der Waals surface area contributed by atoms with E-state index >= 15 is 0 Å². The van der Waals surface area contributed by atoms with Crippen LogP contribution in [-0.2, 0) is 0 Å². The monoisotopic (exact) mass is 334 g/mol. The first-order chi connectivity index (χ1) is 11.2. The van der Waals surface area contributed by atoms with Crippen LogP contribution in [0.4, 0.5) is 0 Å². The summed E-state index contributed by atoms with van der Waals surface area (Å²) in [5, 5.41) is 16.6. The number of aliphatic hydroxyl groups excluding tert-OH is 1. The van der Waals surface area contributed by atoms with Gasteiger partial charge in [-0.1, -0.05) is 23.7 Å². The number of carbonyl (C=O) groups is 1. The lowest BCUT2D eigenvalue weighted by atomic mass is 10.1. The summed E-state index contributed by atoms with van der Waals surface area (Å²) in [5.41, 5.74) is 2.17. The fourth-order valence-electron chi connectivity index (χ4n) is 2.77. The Labute approximate surface area is 139 Å². The smallest absolute Gasteiger partial charge is 0.257 e. The van der Waals surface area contributed by atoms with Crippen LogP contribution in [0.1, 0.15) is 10.4 Å². The van der Waals surface area contributed by atoms with Crippen LogP contribution in [-0.4, -0.2) is 70.3 Å². The van der Waals surface area contributed by atoms with Gasteiger partial charge in [0.15, 0.2) is 0 Å². The molecule has 0 saturated carbocycles. The minimum Gasteiger partial charge on any atom is -0.395 e. The van der Waals surface area contributed by atoms with Gasteiger partial charge in [-0.05, 0) is 12.1 Å². The van der Waals surface area contributed by atoms with Crippen molar-refractivity contribution in [2.24, 2.45) is 0 Å². The van der Waals surface area contributed by atoms with E-state index in [2.05, 4.69) is 15.1 Å². The van der Waals surface area contributed by atoms with Crippen molar-refractivity contribution in [3.8, 4) is 11.3 Å². The molecule has 1 fully saturated rings. The van der Waals surface area contributed by atoms with Gasteiger partial charge in [-0.3, -0.25) is 14.8 Å². The third-order valence-electron chi connectivity index (χ3n) is 4.08. The molecule has 0 unspecified atom stereocenters. The lowest BCUT2D eigenvalue weighted by molar-refractivity contribution is 0.0616. The number of H-pyrrole nitrogens is 1. The van der Waals surface area contributed by atoms with Crippen LogP contribution in [0.2, 0.25) is 5.02 Å². The molecule has 7 heteroatoms. The molecule has 0 spiro atoms. The molecule has 0 radical (unpaired) electrons. The Hall–Kier alpha value is -1.89. The highest BCUT2D eigenvalue weighted by Crippen LogP contribution is 2.24. The summed E-state index contributed by atoms with van der Waals surface area (Å²) in [7, 11) is 0. The number of aromatic nitrogens is 2. The third kappa shape index (κ3) is 3.55. The molecule has 23 heavy (non-hydrogen) atoms. The van der Waals surface area contributed by atoms with Crippen LogP contribution < -0.4 is 0 Å². The predicted octanol–water partition coefficient (Wildman–Crippen LogP) is 1.48. The van der Waals surface area contributed by atoms with E-state index in [-0.39, 0.29) is 12.5 Å². The Balaban J connectivity index is 1.74. The number of amides is 1. The zero-order chi connectivity index (χ0) is 16.2. The Morgan fingerprint density at radius 3 is 2.57 bits per heavy atom. The number of nitrogens with one attached hydrogen (secondary N) is 1. The van der Waals surface area contributed by atoms with Crippen molar-refractivity contribution in [1.82, 2.24) is 20.0 Å². The minimum absolute atomic E-state index is 0.0210. The molecule has 0 bridgehead atoms. The number of aliphatic hydroxyl groups is 1. The van der Waals surface area contributed by atoms with Crippen LogP contribution >= 0.6 is 11.6 Å². The molecular formula is C16H19ClN4O2. The summed E-state index contributed by atoms with van der Waals surface area (Å²) in [6.07, 6.45) is 1.58. The molecule has 3 rings (SSSR count). The van der Waals surface area contributed by atoms with Gasteiger partial charge in [0.2, 0.25) is 0 Å². The van der Waals surface area contributed by atoms with E-state index in [1.165, 1.54) is 0 Å². The molecule has 1 saturated heterocycles. The Bertz CT molecular complexity index is 663. The molecule has 122 valence electrons. The average Bonchev–Trinajstić information content (AvgIpc) is 3.05. The second kappa shape index (κ2) is 7.12. The number of benzene rings is 1. The zero-order valence-corrected chi connectivity index (χ0v) is 13.5. The van der Waals surface area contributed by atoms with Gasteiger partial charge in [0.25, 0.3) is 5.91 Å². The molecule has 6 nitrogen and oxygen atoms in total. The van der Waals surface area contributed by atoms with Crippen LogP contribution in [0.5, 0.6) is 0 Å². The van der Waals surface area contributed by atoms with Crippen molar-refractivity contribution in [2.45, 2.75) is 0 Å². The minimum atomic E-state index is -0.0210. The maximum absolute atomic E-state index is 12.8. The van der Waals surface area contributed by atoms with Gasteiger partial charge in [-0.2, -0.15) is 5.10 Å². The maximum Gasteiger partial charge on any atom is 0.257 e. The number of rotatable bonds is 4. The molecule has 2 N–H and O–H groups in total. The summed E-state index contributed by atoms with van der Waals surface area (Å²) in [4.78, 5) is 16.7. The van der Waals surface area contributed by atoms with E-state index in [0.717, 1.165) is 18.7 Å². The molecule has 1 amide bonds. The van der Waals surface area contributed by atoms with Crippen molar-refractivity contribution >= 4 is 17.5 Å². The van der Waals surface area contributed by atoms with Crippen LogP contribution in [0.3, 0.4) is 0 Å². The highest BCUT2D eigenvalue weighted by molar-refractivity contribution is 6.30. The second-order valence-corrected chi connectivity index (χ2v) is 5.96. The first-order valence-electron chi connectivity index (χ1n) is 7.61. The predicted molar refractivity (Wildman–Crippen MR) is 88.5 cm³/mol. The lowest BCUT2D eigenvalue weighted by Crippen LogP contribution is -2.49. The van der Waals surface area contributed by atoms with Crippen molar-refractivity contribution in [3.63, 3.8) is 0 Å². The van der Waals surface area contributed by atoms with E-state index < -0.39 is 0 Å². The Morgan fingerprint density at radius 2 is 1.91 bits per heavy atom. The van der Waals surface area contributed by atoms with Gasteiger partial charge < -0.3 is 10.0 Å². The molecule has 1 aliphatic heterocycles. The Kier molecular flexibility index (Phi) is 4.95. The van der Waals surface area contributed by atoms with Gasteiger partial charge in [-0.25, -0.2) is 0 Å². The molecule has 0 atom stereocenters. The maximum atomic E-state index is 12.8. The average molecular weight is 335 g/mol. The lowest BCUT2D eigenvalue weighted by Gasteiger charge is -2.34. The molecule has 1 aromatic carbocycles. The summed E-state index contributed by atoms with van der Waals surface area (Å²) < 4.78 is 0. The van der Waals surface area contributed by atoms with Crippen LogP contribution in [0.15, 0.2) is 30.5 Å². The molecule has 1 aliphatic rings. The first kappa shape index (κ1) is 16.0. The highest BCUT2D eigenvalue weighted by Gasteiger charge is 2.25. The number of β-amino-alcohol motifs (C(OH)–C–C–N with tert-alkyl or cyclic N) is 1. The van der Waals surface area contributed by atoms with Gasteiger partial charge in [0.1, 0.15) is 0 Å². The molecular weight excluding hydrogens is 316 g/mol. The highest BCUT2D eigenvalue weighted by atomic mass is 35.5. The third-order valence-corrected chi connectivity index (χ3v) is 4.33. The van der Waals surface area contributed by atoms with Gasteiger partial charge in [-0.15, -0.1) is 0 Å². The number of hydrogen-bond acceptors (Lipinski definition) is 4. The van der Waals surface area contributed by atoms with Crippen molar-refractivity contribution in [1.29, 1.82) is 0 Å². The first-order valence-corrected chi connectivity index (χ1v) is 7.98. The van der Waals surface area contributed by atoms with Crippen molar-refractivity contribution < 1.29 is 9.90 Å². The van der Waals surface area contributed by atoms with Crippen LogP contribution in [0, 0.1) is 0 Å². The van der Waals surface area contributed by atoms with E-state index in [1.54, 1.807) is 18.3 Å². The summed E-state index contributed by atoms with van der Waals surface area (Å²) in [6.45, 7) is 3.68. The van der Waals surface area contributed by atoms with Crippen molar-refractivity contribution in [2.75, 3.05) is 39.3 Å². The van der Waals surface area contributed by atoms with E-state index in [4.69, 9.17) is 16.7 Å². The fourth-order valence-corrected chi connectivity index (χ4v) is 2.90. The van der Waals surface area contributed by atoms with E-state index in [9.17, 15) is 4.79 Å². The number of aromatic amines is 1. The second-order valence-electron chi connectivity index (χ2n) is 5.52. The number of nitrogens with zero attached hydrogens (tertiary/aromatic N) is 3. The van der Waals surface area contributed by atoms with Crippen molar-refractivity contribution in [3.05, 3.63) is 41.0 Å². The largest absolute Gasteiger partial charge is 0.395 e. The van der Waals surface area contributed by atoms with Gasteiger partial charge in [0, 0.05) is 43.3 Å². The van der Waals surface area contributed by atoms with Gasteiger partial charge >= 0.3 is 0 Å². The zero-order valence-electron chi connectivity index (χ0n) is 12.7. The number of piperazine rings is 1. The van der Waals surface area contributed by atoms with E-state index in [1.807, 2.05) is 17.0 Å². The molecule has 0 aliphatic carbocycles. The number of hydrogen-bond donors (Lipinski definition) is 2. The molecule has 2 heterocycles. The molecule has 1 aromatic heterocycles. The standard InChI is InChI=1S/C16H19ClN4O2/c17-13-3-1-12(2-4-13)15-14(11-18-19-15)16(23)21-7-5-20(6-8-21)9-10-22/h1-4,11,22H,5-10H2,(H,18,19). The SMILES string of the molecule is O=C(c1cn[nH]c1-c1ccc(Cl)cc1)N1CCN(CCO)CC1. The topological polar surface area (TPSA) is 72.5 Å². The summed E-state index contributed by atoms with van der Waals surface area (Å²) in [6, 6.07) is 7.32. The Morgan fingerprint density at radius 1 is 1.22 bits per heavy atom. The number of carbonyl (C=O) groups excluding carboxylic acids is 1.